The molecule has 0 unspecified atom stereocenters. The van der Waals surface area contributed by atoms with Gasteiger partial charge in [0.25, 0.3) is 0 Å². The minimum absolute atomic E-state index is 0.0917. The summed E-state index contributed by atoms with van der Waals surface area (Å²) in [5, 5.41) is 3.61. The average molecular weight is 284 g/mol. The van der Waals surface area contributed by atoms with Crippen molar-refractivity contribution in [1.29, 1.82) is 0 Å². The van der Waals surface area contributed by atoms with Crippen LogP contribution in [-0.4, -0.2) is 30.0 Å². The number of ether oxygens (including phenoxy) is 1. The van der Waals surface area contributed by atoms with E-state index >= 15 is 0 Å². The number of carbonyl (C=O) groups is 2. The van der Waals surface area contributed by atoms with E-state index in [1.54, 1.807) is 0 Å². The molecule has 1 amide bonds. The number of nitrogens with one attached hydrogen (secondary N) is 1. The molecule has 0 aromatic heterocycles. The lowest BCUT2D eigenvalue weighted by Crippen LogP contribution is -2.52. The number of fused-ring (bicyclic) bond motifs is 1. The molecular formula is C16H16N2O3. The molecule has 1 N–H and O–H groups in total. The second-order valence-electron chi connectivity index (χ2n) is 5.01. The molecule has 1 heterocycles. The molecule has 1 fully saturated rings. The lowest BCUT2D eigenvalue weighted by molar-refractivity contribution is -0.169. The van der Waals surface area contributed by atoms with Gasteiger partial charge >= 0.3 is 11.9 Å². The highest BCUT2D eigenvalue weighted by atomic mass is 16.5. The Kier molecular flexibility index (Phi) is 3.58. The molecule has 1 saturated heterocycles. The summed E-state index contributed by atoms with van der Waals surface area (Å²) >= 11 is 0. The molecular weight excluding hydrogens is 268 g/mol. The van der Waals surface area contributed by atoms with E-state index in [-0.39, 0.29) is 12.6 Å². The van der Waals surface area contributed by atoms with Gasteiger partial charge in [-0.3, -0.25) is 9.80 Å². The van der Waals surface area contributed by atoms with Gasteiger partial charge in [0.15, 0.2) is 0 Å². The number of amides is 1. The zero-order valence-electron chi connectivity index (χ0n) is 11.7. The summed E-state index contributed by atoms with van der Waals surface area (Å²) in [7, 11) is 0. The molecule has 21 heavy (non-hydrogen) atoms. The molecule has 2 aromatic carbocycles. The highest BCUT2D eigenvalue weighted by molar-refractivity contribution is 6.32. The maximum absolute atomic E-state index is 11.7. The minimum Gasteiger partial charge on any atom is -0.457 e. The van der Waals surface area contributed by atoms with E-state index in [2.05, 4.69) is 23.6 Å². The molecule has 1 aliphatic rings. The first-order valence-electron chi connectivity index (χ1n) is 6.89. The molecule has 3 rings (SSSR count). The van der Waals surface area contributed by atoms with E-state index < -0.39 is 11.9 Å². The van der Waals surface area contributed by atoms with E-state index in [1.807, 2.05) is 31.2 Å². The van der Waals surface area contributed by atoms with Gasteiger partial charge in [-0.15, -0.1) is 0 Å². The van der Waals surface area contributed by atoms with Gasteiger partial charge < -0.3 is 4.74 Å². The summed E-state index contributed by atoms with van der Waals surface area (Å²) in [5.74, 6) is -1.45. The van der Waals surface area contributed by atoms with Gasteiger partial charge in [-0.1, -0.05) is 42.5 Å². The summed E-state index contributed by atoms with van der Waals surface area (Å²) in [5.41, 5.74) is 4.17. The van der Waals surface area contributed by atoms with Crippen molar-refractivity contribution in [3.8, 4) is 0 Å². The molecule has 2 aromatic rings. The number of hydrazine groups is 1. The van der Waals surface area contributed by atoms with E-state index in [1.165, 1.54) is 5.01 Å². The molecule has 108 valence electrons. The molecule has 0 radical (unpaired) electrons. The molecule has 1 aliphatic heterocycles. The Morgan fingerprint density at radius 2 is 1.90 bits per heavy atom. The van der Waals surface area contributed by atoms with Gasteiger partial charge in [-0.25, -0.2) is 10.2 Å². The van der Waals surface area contributed by atoms with Crippen LogP contribution in [0.5, 0.6) is 0 Å². The average Bonchev–Trinajstić information content (AvgIpc) is 2.51. The number of benzene rings is 2. The number of cyclic esters (lactones) is 1. The van der Waals surface area contributed by atoms with Gasteiger partial charge in [0.05, 0.1) is 6.54 Å². The molecule has 1 atom stereocenters. The Hall–Kier alpha value is -2.40. The van der Waals surface area contributed by atoms with Gasteiger partial charge in [-0.05, 0) is 23.3 Å². The van der Waals surface area contributed by atoms with Crippen LogP contribution in [0, 0.1) is 0 Å². The largest absolute Gasteiger partial charge is 0.457 e. The van der Waals surface area contributed by atoms with E-state index in [0.717, 1.165) is 16.3 Å². The number of morpholine rings is 1. The SMILES string of the molecule is C[C@H](NN1CCOC(=O)C1=O)c1cccc2ccccc12. The van der Waals surface area contributed by atoms with Gasteiger partial charge in [0, 0.05) is 6.04 Å². The van der Waals surface area contributed by atoms with Crippen molar-refractivity contribution < 1.29 is 14.3 Å². The predicted octanol–water partition coefficient (Wildman–Crippen LogP) is 1.79. The van der Waals surface area contributed by atoms with Crippen LogP contribution in [0.4, 0.5) is 0 Å². The number of esters is 1. The van der Waals surface area contributed by atoms with Crippen LogP contribution in [0.25, 0.3) is 10.8 Å². The Morgan fingerprint density at radius 3 is 2.76 bits per heavy atom. The second-order valence-corrected chi connectivity index (χ2v) is 5.01. The number of hydrogen-bond donors (Lipinski definition) is 1. The molecule has 0 bridgehead atoms. The van der Waals surface area contributed by atoms with Crippen molar-refractivity contribution in [2.75, 3.05) is 13.2 Å². The standard InChI is InChI=1S/C16H16N2O3/c1-11(17-18-9-10-21-16(20)15(18)19)13-8-4-6-12-5-2-3-7-14(12)13/h2-8,11,17H,9-10H2,1H3/t11-/m0/s1. The third-order valence-electron chi connectivity index (χ3n) is 3.61. The van der Waals surface area contributed by atoms with Crippen molar-refractivity contribution in [3.63, 3.8) is 0 Å². The van der Waals surface area contributed by atoms with Crippen LogP contribution in [0.1, 0.15) is 18.5 Å². The van der Waals surface area contributed by atoms with Crippen LogP contribution < -0.4 is 5.43 Å². The molecule has 5 nitrogen and oxygen atoms in total. The van der Waals surface area contributed by atoms with Crippen LogP contribution in [-0.2, 0) is 14.3 Å². The maximum Gasteiger partial charge on any atom is 0.398 e. The maximum atomic E-state index is 11.7. The van der Waals surface area contributed by atoms with Crippen LogP contribution in [0.3, 0.4) is 0 Å². The monoisotopic (exact) mass is 284 g/mol. The van der Waals surface area contributed by atoms with E-state index in [4.69, 9.17) is 4.74 Å². The van der Waals surface area contributed by atoms with Crippen molar-refractivity contribution in [3.05, 3.63) is 48.0 Å². The molecule has 0 aliphatic carbocycles. The van der Waals surface area contributed by atoms with Crippen LogP contribution in [0.15, 0.2) is 42.5 Å². The molecule has 0 saturated carbocycles. The van der Waals surface area contributed by atoms with Crippen molar-refractivity contribution in [1.82, 2.24) is 10.4 Å². The van der Waals surface area contributed by atoms with Crippen molar-refractivity contribution in [2.45, 2.75) is 13.0 Å². The fraction of sp³-hybridized carbons (Fsp3) is 0.250. The lowest BCUT2D eigenvalue weighted by Gasteiger charge is -2.29. The number of nitrogens with zero attached hydrogens (tertiary/aromatic N) is 1. The van der Waals surface area contributed by atoms with Gasteiger partial charge in [-0.2, -0.15) is 0 Å². The zero-order valence-corrected chi connectivity index (χ0v) is 11.7. The number of carbonyl (C=O) groups excluding carboxylic acids is 2. The molecule has 0 spiro atoms. The van der Waals surface area contributed by atoms with Crippen LogP contribution in [0.2, 0.25) is 0 Å². The second kappa shape index (κ2) is 5.54. The Morgan fingerprint density at radius 1 is 1.14 bits per heavy atom. The quantitative estimate of drug-likeness (QED) is 0.689. The summed E-state index contributed by atoms with van der Waals surface area (Å²) in [6.45, 7) is 2.55. The summed E-state index contributed by atoms with van der Waals surface area (Å²) < 4.78 is 4.71. The molecule has 5 heteroatoms. The Labute approximate surface area is 122 Å². The third-order valence-corrected chi connectivity index (χ3v) is 3.61. The highest BCUT2D eigenvalue weighted by Crippen LogP contribution is 2.24. The fourth-order valence-corrected chi connectivity index (χ4v) is 2.56. The van der Waals surface area contributed by atoms with Crippen molar-refractivity contribution in [2.24, 2.45) is 0 Å². The first kappa shape index (κ1) is 13.6. The van der Waals surface area contributed by atoms with E-state index in [0.29, 0.717) is 6.54 Å². The Bertz CT molecular complexity index is 693. The summed E-state index contributed by atoms with van der Waals surface area (Å²) in [6.07, 6.45) is 0. The van der Waals surface area contributed by atoms with Gasteiger partial charge in [0.1, 0.15) is 6.61 Å². The zero-order chi connectivity index (χ0) is 14.8. The lowest BCUT2D eigenvalue weighted by atomic mass is 10.00. The van der Waals surface area contributed by atoms with Crippen molar-refractivity contribution >= 4 is 22.6 Å². The number of rotatable bonds is 3. The summed E-state index contributed by atoms with van der Waals surface area (Å²) in [4.78, 5) is 23.0. The first-order valence-corrected chi connectivity index (χ1v) is 6.89. The topological polar surface area (TPSA) is 58.6 Å². The fourth-order valence-electron chi connectivity index (χ4n) is 2.56. The third kappa shape index (κ3) is 2.60. The van der Waals surface area contributed by atoms with Gasteiger partial charge in [0.2, 0.25) is 0 Å². The normalized spacial score (nSPS) is 16.9. The van der Waals surface area contributed by atoms with E-state index in [9.17, 15) is 9.59 Å². The number of hydrogen-bond acceptors (Lipinski definition) is 4. The highest BCUT2D eigenvalue weighted by Gasteiger charge is 2.29. The Balaban J connectivity index is 1.85. The smallest absolute Gasteiger partial charge is 0.398 e. The predicted molar refractivity (Wildman–Crippen MR) is 78.2 cm³/mol. The minimum atomic E-state index is -0.807. The first-order chi connectivity index (χ1) is 10.2. The summed E-state index contributed by atoms with van der Waals surface area (Å²) in [6, 6.07) is 14.1. The van der Waals surface area contributed by atoms with Crippen LogP contribution >= 0.6 is 0 Å².